The zero-order chi connectivity index (χ0) is 23.8. The van der Waals surface area contributed by atoms with Crippen LogP contribution in [0.3, 0.4) is 0 Å². The van der Waals surface area contributed by atoms with Crippen molar-refractivity contribution in [3.05, 3.63) is 54.1 Å². The molecule has 2 aromatic heterocycles. The fourth-order valence-electron chi connectivity index (χ4n) is 4.26. The van der Waals surface area contributed by atoms with Crippen molar-refractivity contribution in [2.75, 3.05) is 32.1 Å². The molecule has 3 heterocycles. The van der Waals surface area contributed by atoms with Crippen molar-refractivity contribution in [1.29, 1.82) is 0 Å². The lowest BCUT2D eigenvalue weighted by Crippen LogP contribution is -2.48. The lowest BCUT2D eigenvalue weighted by Gasteiger charge is -2.30. The van der Waals surface area contributed by atoms with Crippen LogP contribution in [0.1, 0.15) is 37.4 Å². The van der Waals surface area contributed by atoms with Crippen LogP contribution in [0.5, 0.6) is 5.75 Å². The predicted molar refractivity (Wildman–Crippen MR) is 128 cm³/mol. The van der Waals surface area contributed by atoms with E-state index in [1.165, 1.54) is 0 Å². The number of hydrogen-bond acceptors (Lipinski definition) is 6. The maximum absolute atomic E-state index is 13.4. The molecule has 0 saturated carbocycles. The third-order valence-electron chi connectivity index (χ3n) is 5.96. The standard InChI is InChI=1S/C25H32N6O2/c1-17-8-7-9-20(12-17)33-25(2,3)23(32)31-11-10-18(16-31)22-21(19-13-27-30(6)15-19)14-26-24(28-22)29(4)5/h7-9,12-15,18H,10-11,16H2,1-6H3/t18-/m1/s1. The van der Waals surface area contributed by atoms with E-state index in [2.05, 4.69) is 10.1 Å². The number of aromatic nitrogens is 4. The topological polar surface area (TPSA) is 76.4 Å². The average molecular weight is 449 g/mol. The van der Waals surface area contributed by atoms with Gasteiger partial charge in [0.1, 0.15) is 5.75 Å². The van der Waals surface area contributed by atoms with E-state index in [0.717, 1.165) is 28.8 Å². The van der Waals surface area contributed by atoms with Crippen molar-refractivity contribution in [2.24, 2.45) is 7.05 Å². The van der Waals surface area contributed by atoms with E-state index in [1.807, 2.05) is 94.6 Å². The van der Waals surface area contributed by atoms with E-state index in [4.69, 9.17) is 9.72 Å². The number of ether oxygens (including phenoxy) is 1. The van der Waals surface area contributed by atoms with Crippen molar-refractivity contribution in [1.82, 2.24) is 24.6 Å². The number of aryl methyl sites for hydroxylation is 2. The van der Waals surface area contributed by atoms with Crippen molar-refractivity contribution < 1.29 is 9.53 Å². The van der Waals surface area contributed by atoms with Gasteiger partial charge < -0.3 is 14.5 Å². The summed E-state index contributed by atoms with van der Waals surface area (Å²) in [6.45, 7) is 6.94. The van der Waals surface area contributed by atoms with Gasteiger partial charge in [0.2, 0.25) is 5.95 Å². The van der Waals surface area contributed by atoms with Crippen molar-refractivity contribution in [2.45, 2.75) is 38.7 Å². The Hall–Kier alpha value is -3.42. The summed E-state index contributed by atoms with van der Waals surface area (Å²) in [6, 6.07) is 7.79. The molecule has 1 fully saturated rings. The highest BCUT2D eigenvalue weighted by Crippen LogP contribution is 2.35. The molecule has 0 aliphatic carbocycles. The highest BCUT2D eigenvalue weighted by atomic mass is 16.5. The van der Waals surface area contributed by atoms with E-state index < -0.39 is 5.60 Å². The molecule has 1 aliphatic rings. The fourth-order valence-corrected chi connectivity index (χ4v) is 4.26. The zero-order valence-corrected chi connectivity index (χ0v) is 20.2. The van der Waals surface area contributed by atoms with Crippen LogP contribution in [0, 0.1) is 6.92 Å². The highest BCUT2D eigenvalue weighted by Gasteiger charge is 2.39. The van der Waals surface area contributed by atoms with Gasteiger partial charge >= 0.3 is 0 Å². The summed E-state index contributed by atoms with van der Waals surface area (Å²) in [4.78, 5) is 26.6. The van der Waals surface area contributed by atoms with Gasteiger partial charge in [-0.15, -0.1) is 0 Å². The number of carbonyl (C=O) groups excluding carboxylic acids is 1. The average Bonchev–Trinajstić information content (AvgIpc) is 3.41. The van der Waals surface area contributed by atoms with Crippen LogP contribution in [0.15, 0.2) is 42.9 Å². The Morgan fingerprint density at radius 3 is 2.70 bits per heavy atom. The van der Waals surface area contributed by atoms with Gasteiger partial charge in [0, 0.05) is 63.7 Å². The second-order valence-electron chi connectivity index (χ2n) is 9.43. The lowest BCUT2D eigenvalue weighted by atomic mass is 9.97. The first-order chi connectivity index (χ1) is 15.6. The molecule has 1 atom stereocenters. The van der Waals surface area contributed by atoms with Crippen molar-refractivity contribution in [3.8, 4) is 16.9 Å². The molecule has 1 aliphatic heterocycles. The molecule has 0 spiro atoms. The minimum atomic E-state index is -0.963. The third-order valence-corrected chi connectivity index (χ3v) is 5.96. The maximum atomic E-state index is 13.4. The van der Waals surface area contributed by atoms with Gasteiger partial charge in [-0.2, -0.15) is 5.10 Å². The number of likely N-dealkylation sites (tertiary alicyclic amines) is 1. The smallest absolute Gasteiger partial charge is 0.266 e. The van der Waals surface area contributed by atoms with Crippen LogP contribution < -0.4 is 9.64 Å². The first-order valence-corrected chi connectivity index (χ1v) is 11.2. The molecule has 33 heavy (non-hydrogen) atoms. The third kappa shape index (κ3) is 4.84. The number of rotatable bonds is 6. The van der Waals surface area contributed by atoms with Crippen LogP contribution in [0.4, 0.5) is 5.95 Å². The first kappa shape index (κ1) is 22.8. The number of nitrogens with zero attached hydrogens (tertiary/aromatic N) is 6. The van der Waals surface area contributed by atoms with Gasteiger partial charge in [-0.3, -0.25) is 9.48 Å². The van der Waals surface area contributed by atoms with Crippen LogP contribution in [-0.4, -0.2) is 63.3 Å². The Balaban J connectivity index is 1.56. The Morgan fingerprint density at radius 2 is 2.03 bits per heavy atom. The number of amides is 1. The molecule has 0 bridgehead atoms. The molecular formula is C25H32N6O2. The molecule has 3 aromatic rings. The zero-order valence-electron chi connectivity index (χ0n) is 20.2. The Morgan fingerprint density at radius 1 is 1.24 bits per heavy atom. The molecular weight excluding hydrogens is 416 g/mol. The number of carbonyl (C=O) groups is 1. The van der Waals surface area contributed by atoms with E-state index in [1.54, 1.807) is 4.68 Å². The van der Waals surface area contributed by atoms with Gasteiger partial charge in [0.05, 0.1) is 11.9 Å². The van der Waals surface area contributed by atoms with Crippen LogP contribution in [0.2, 0.25) is 0 Å². The largest absolute Gasteiger partial charge is 0.478 e. The molecule has 8 heteroatoms. The monoisotopic (exact) mass is 448 g/mol. The molecule has 0 N–H and O–H groups in total. The summed E-state index contributed by atoms with van der Waals surface area (Å²) in [7, 11) is 5.75. The lowest BCUT2D eigenvalue weighted by molar-refractivity contribution is -0.144. The van der Waals surface area contributed by atoms with E-state index in [0.29, 0.717) is 24.8 Å². The molecule has 0 radical (unpaired) electrons. The van der Waals surface area contributed by atoms with E-state index in [9.17, 15) is 4.79 Å². The van der Waals surface area contributed by atoms with Gasteiger partial charge in [0.15, 0.2) is 5.60 Å². The van der Waals surface area contributed by atoms with Gasteiger partial charge in [-0.25, -0.2) is 9.97 Å². The van der Waals surface area contributed by atoms with E-state index in [-0.39, 0.29) is 11.8 Å². The minimum Gasteiger partial charge on any atom is -0.478 e. The summed E-state index contributed by atoms with van der Waals surface area (Å²) >= 11 is 0. The molecule has 1 amide bonds. The normalized spacial score (nSPS) is 16.2. The van der Waals surface area contributed by atoms with Crippen LogP contribution in [0.25, 0.3) is 11.1 Å². The Kier molecular flexibility index (Phi) is 6.10. The summed E-state index contributed by atoms with van der Waals surface area (Å²) in [5.41, 5.74) is 3.03. The molecule has 4 rings (SSSR count). The van der Waals surface area contributed by atoms with Crippen molar-refractivity contribution in [3.63, 3.8) is 0 Å². The summed E-state index contributed by atoms with van der Waals surface area (Å²) in [5, 5.41) is 4.31. The van der Waals surface area contributed by atoms with Crippen LogP contribution in [-0.2, 0) is 11.8 Å². The van der Waals surface area contributed by atoms with Gasteiger partial charge in [-0.05, 0) is 44.9 Å². The molecule has 1 saturated heterocycles. The minimum absolute atomic E-state index is 0.0173. The summed E-state index contributed by atoms with van der Waals surface area (Å²) < 4.78 is 7.88. The predicted octanol–water partition coefficient (Wildman–Crippen LogP) is 3.43. The maximum Gasteiger partial charge on any atom is 0.266 e. The summed E-state index contributed by atoms with van der Waals surface area (Å²) in [6.07, 6.45) is 6.50. The second kappa shape index (κ2) is 8.84. The number of hydrogen-bond donors (Lipinski definition) is 0. The molecule has 8 nitrogen and oxygen atoms in total. The van der Waals surface area contributed by atoms with Crippen LogP contribution >= 0.6 is 0 Å². The highest BCUT2D eigenvalue weighted by molar-refractivity contribution is 5.85. The quantitative estimate of drug-likeness (QED) is 0.575. The first-order valence-electron chi connectivity index (χ1n) is 11.2. The molecule has 174 valence electrons. The van der Waals surface area contributed by atoms with Gasteiger partial charge in [-0.1, -0.05) is 12.1 Å². The fraction of sp³-hybridized carbons (Fsp3) is 0.440. The summed E-state index contributed by atoms with van der Waals surface area (Å²) in [5.74, 6) is 1.46. The van der Waals surface area contributed by atoms with Crippen molar-refractivity contribution >= 4 is 11.9 Å². The number of benzene rings is 1. The molecule has 1 aromatic carbocycles. The molecule has 0 unspecified atom stereocenters. The Labute approximate surface area is 195 Å². The van der Waals surface area contributed by atoms with E-state index >= 15 is 0 Å². The SMILES string of the molecule is Cc1cccc(OC(C)(C)C(=O)N2CC[C@@H](c3nc(N(C)C)ncc3-c3cnn(C)c3)C2)c1. The Bertz CT molecular complexity index is 1150. The number of anilines is 1. The second-order valence-corrected chi connectivity index (χ2v) is 9.43. The van der Waals surface area contributed by atoms with Gasteiger partial charge in [0.25, 0.3) is 5.91 Å².